The molecule has 0 aliphatic heterocycles. The summed E-state index contributed by atoms with van der Waals surface area (Å²) in [5.41, 5.74) is 0.780. The van der Waals surface area contributed by atoms with Gasteiger partial charge in [-0.15, -0.1) is 0 Å². The first-order chi connectivity index (χ1) is 14.7. The highest BCUT2D eigenvalue weighted by Crippen LogP contribution is 2.23. The molecule has 8 heteroatoms. The van der Waals surface area contributed by atoms with Crippen molar-refractivity contribution in [3.63, 3.8) is 0 Å². The summed E-state index contributed by atoms with van der Waals surface area (Å²) in [7, 11) is 0. The summed E-state index contributed by atoms with van der Waals surface area (Å²) in [4.78, 5) is 29.2. The van der Waals surface area contributed by atoms with Crippen LogP contribution in [0.1, 0.15) is 39.1 Å². The molecule has 0 aliphatic carbocycles. The SMILES string of the molecule is CCOC(=O)COc1ccc(C=Nn2c(C(C)(C)C)nc3ccc(Br)cc3c2=O)cc1. The first-order valence-corrected chi connectivity index (χ1v) is 10.6. The Morgan fingerprint density at radius 1 is 1.19 bits per heavy atom. The predicted octanol–water partition coefficient (Wildman–Crippen LogP) is 4.28. The fourth-order valence-corrected chi connectivity index (χ4v) is 3.22. The molecule has 3 aromatic rings. The van der Waals surface area contributed by atoms with E-state index in [-0.39, 0.29) is 17.6 Å². The fourth-order valence-electron chi connectivity index (χ4n) is 2.86. The lowest BCUT2D eigenvalue weighted by Gasteiger charge is -2.20. The molecule has 0 fully saturated rings. The molecule has 0 unspecified atom stereocenters. The smallest absolute Gasteiger partial charge is 0.344 e. The normalized spacial score (nSPS) is 11.8. The molecule has 1 aromatic heterocycles. The Hall–Kier alpha value is -3.00. The van der Waals surface area contributed by atoms with Gasteiger partial charge in [0.1, 0.15) is 11.6 Å². The van der Waals surface area contributed by atoms with Crippen molar-refractivity contribution in [2.24, 2.45) is 5.10 Å². The summed E-state index contributed by atoms with van der Waals surface area (Å²) in [6.07, 6.45) is 1.59. The number of hydrogen-bond acceptors (Lipinski definition) is 6. The Balaban J connectivity index is 1.91. The molecule has 0 aliphatic rings. The van der Waals surface area contributed by atoms with Crippen LogP contribution in [0.25, 0.3) is 10.9 Å². The summed E-state index contributed by atoms with van der Waals surface area (Å²) in [6.45, 7) is 7.87. The Morgan fingerprint density at radius 3 is 2.55 bits per heavy atom. The van der Waals surface area contributed by atoms with Gasteiger partial charge in [0.05, 0.1) is 23.7 Å². The maximum atomic E-state index is 13.2. The van der Waals surface area contributed by atoms with Crippen molar-refractivity contribution in [2.45, 2.75) is 33.1 Å². The van der Waals surface area contributed by atoms with E-state index in [9.17, 15) is 9.59 Å². The van der Waals surface area contributed by atoms with Gasteiger partial charge in [-0.1, -0.05) is 36.7 Å². The van der Waals surface area contributed by atoms with Crippen molar-refractivity contribution >= 4 is 39.0 Å². The van der Waals surface area contributed by atoms with E-state index >= 15 is 0 Å². The standard InChI is InChI=1S/C23H24BrN3O4/c1-5-30-20(28)14-31-17-9-6-15(7-10-17)13-25-27-21(29)18-12-16(24)8-11-19(18)26-22(27)23(2,3)4/h6-13H,5,14H2,1-4H3. The van der Waals surface area contributed by atoms with Gasteiger partial charge in [-0.25, -0.2) is 9.78 Å². The predicted molar refractivity (Wildman–Crippen MR) is 124 cm³/mol. The zero-order valence-electron chi connectivity index (χ0n) is 17.9. The van der Waals surface area contributed by atoms with Crippen LogP contribution >= 0.6 is 15.9 Å². The van der Waals surface area contributed by atoms with Gasteiger partial charge in [-0.05, 0) is 55.0 Å². The number of rotatable bonds is 6. The average molecular weight is 486 g/mol. The van der Waals surface area contributed by atoms with E-state index in [1.54, 1.807) is 43.5 Å². The summed E-state index contributed by atoms with van der Waals surface area (Å²) in [6, 6.07) is 12.5. The maximum absolute atomic E-state index is 13.2. The highest BCUT2D eigenvalue weighted by molar-refractivity contribution is 9.10. The molecule has 0 atom stereocenters. The molecule has 0 bridgehead atoms. The Morgan fingerprint density at radius 2 is 1.90 bits per heavy atom. The number of benzene rings is 2. The van der Waals surface area contributed by atoms with Crippen LogP contribution < -0.4 is 10.3 Å². The van der Waals surface area contributed by atoms with Gasteiger partial charge in [0, 0.05) is 9.89 Å². The second kappa shape index (κ2) is 9.43. The molecular weight excluding hydrogens is 462 g/mol. The molecule has 0 radical (unpaired) electrons. The fraction of sp³-hybridized carbons (Fsp3) is 0.304. The highest BCUT2D eigenvalue weighted by atomic mass is 79.9. The van der Waals surface area contributed by atoms with E-state index in [4.69, 9.17) is 14.5 Å². The number of fused-ring (bicyclic) bond motifs is 1. The average Bonchev–Trinajstić information content (AvgIpc) is 2.72. The van der Waals surface area contributed by atoms with Crippen molar-refractivity contribution in [2.75, 3.05) is 13.2 Å². The van der Waals surface area contributed by atoms with E-state index in [2.05, 4.69) is 21.0 Å². The molecule has 2 aromatic carbocycles. The van der Waals surface area contributed by atoms with Gasteiger partial charge in [0.15, 0.2) is 6.61 Å². The maximum Gasteiger partial charge on any atom is 0.344 e. The number of carbonyl (C=O) groups is 1. The van der Waals surface area contributed by atoms with Crippen molar-refractivity contribution in [1.29, 1.82) is 0 Å². The summed E-state index contributed by atoms with van der Waals surface area (Å²) >= 11 is 3.41. The van der Waals surface area contributed by atoms with Crippen molar-refractivity contribution in [1.82, 2.24) is 9.66 Å². The third-order valence-electron chi connectivity index (χ3n) is 4.34. The van der Waals surface area contributed by atoms with Crippen LogP contribution in [0.3, 0.4) is 0 Å². The molecule has 0 saturated heterocycles. The van der Waals surface area contributed by atoms with Gasteiger partial charge in [0.25, 0.3) is 5.56 Å². The topological polar surface area (TPSA) is 82.8 Å². The molecule has 0 saturated carbocycles. The minimum atomic E-state index is -0.419. The van der Waals surface area contributed by atoms with Gasteiger partial charge in [0.2, 0.25) is 0 Å². The minimum absolute atomic E-state index is 0.149. The van der Waals surface area contributed by atoms with Crippen LogP contribution in [0.4, 0.5) is 0 Å². The lowest BCUT2D eigenvalue weighted by molar-refractivity contribution is -0.145. The number of ether oxygens (including phenoxy) is 2. The Bertz CT molecular complexity index is 1180. The first kappa shape index (κ1) is 22.7. The Kier molecular flexibility index (Phi) is 6.90. The molecule has 7 nitrogen and oxygen atoms in total. The molecule has 3 rings (SSSR count). The second-order valence-corrected chi connectivity index (χ2v) is 8.79. The lowest BCUT2D eigenvalue weighted by Crippen LogP contribution is -2.29. The second-order valence-electron chi connectivity index (χ2n) is 7.87. The van der Waals surface area contributed by atoms with Gasteiger partial charge in [-0.3, -0.25) is 4.79 Å². The molecule has 31 heavy (non-hydrogen) atoms. The number of aromatic nitrogens is 2. The number of halogens is 1. The molecule has 0 spiro atoms. The summed E-state index contributed by atoms with van der Waals surface area (Å²) in [5.74, 6) is 0.686. The zero-order chi connectivity index (χ0) is 22.6. The lowest BCUT2D eigenvalue weighted by atomic mass is 9.95. The van der Waals surface area contributed by atoms with Crippen molar-refractivity contribution < 1.29 is 14.3 Å². The number of nitrogens with zero attached hydrogens (tertiary/aromatic N) is 3. The van der Waals surface area contributed by atoms with Crippen LogP contribution in [0.5, 0.6) is 5.75 Å². The van der Waals surface area contributed by atoms with E-state index in [0.717, 1.165) is 10.0 Å². The van der Waals surface area contributed by atoms with Crippen LogP contribution in [-0.4, -0.2) is 35.1 Å². The van der Waals surface area contributed by atoms with Crippen LogP contribution in [0, 0.1) is 0 Å². The largest absolute Gasteiger partial charge is 0.482 e. The number of hydrogen-bond donors (Lipinski definition) is 0. The molecule has 1 heterocycles. The zero-order valence-corrected chi connectivity index (χ0v) is 19.5. The third-order valence-corrected chi connectivity index (χ3v) is 4.84. The van der Waals surface area contributed by atoms with Crippen molar-refractivity contribution in [3.05, 3.63) is 68.7 Å². The summed E-state index contributed by atoms with van der Waals surface area (Å²) < 4.78 is 12.4. The first-order valence-electron chi connectivity index (χ1n) is 9.84. The van der Waals surface area contributed by atoms with Gasteiger partial charge in [-0.2, -0.15) is 9.78 Å². The van der Waals surface area contributed by atoms with Gasteiger partial charge >= 0.3 is 5.97 Å². The monoisotopic (exact) mass is 485 g/mol. The van der Waals surface area contributed by atoms with Crippen LogP contribution in [0.2, 0.25) is 0 Å². The van der Waals surface area contributed by atoms with Gasteiger partial charge < -0.3 is 9.47 Å². The highest BCUT2D eigenvalue weighted by Gasteiger charge is 2.22. The van der Waals surface area contributed by atoms with E-state index in [0.29, 0.717) is 29.1 Å². The summed E-state index contributed by atoms with van der Waals surface area (Å²) in [5, 5.41) is 4.93. The van der Waals surface area contributed by atoms with E-state index < -0.39 is 5.97 Å². The van der Waals surface area contributed by atoms with Crippen LogP contribution in [0.15, 0.2) is 56.8 Å². The van der Waals surface area contributed by atoms with Crippen molar-refractivity contribution in [3.8, 4) is 5.75 Å². The molecule has 0 amide bonds. The van der Waals surface area contributed by atoms with Crippen LogP contribution in [-0.2, 0) is 14.9 Å². The Labute approximate surface area is 188 Å². The van der Waals surface area contributed by atoms with E-state index in [1.807, 2.05) is 32.9 Å². The molecule has 0 N–H and O–H groups in total. The third kappa shape index (κ3) is 5.58. The van der Waals surface area contributed by atoms with E-state index in [1.165, 1.54) is 4.68 Å². The quantitative estimate of drug-likeness (QED) is 0.384. The molecule has 162 valence electrons. The number of carbonyl (C=O) groups excluding carboxylic acids is 1. The molecular formula is C23H24BrN3O4. The minimum Gasteiger partial charge on any atom is -0.482 e. The number of esters is 1.